The van der Waals surface area contributed by atoms with Gasteiger partial charge in [0.15, 0.2) is 0 Å². The number of likely N-dealkylation sites (tertiary alicyclic amines) is 1. The summed E-state index contributed by atoms with van der Waals surface area (Å²) >= 11 is 0. The van der Waals surface area contributed by atoms with E-state index in [1.165, 1.54) is 25.9 Å². The number of halogens is 1. The van der Waals surface area contributed by atoms with Crippen LogP contribution in [0.2, 0.25) is 0 Å². The average Bonchev–Trinajstić information content (AvgIpc) is 2.18. The Balaban J connectivity index is 0.00000144. The quantitative estimate of drug-likeness (QED) is 0.774. The Morgan fingerprint density at radius 3 is 2.53 bits per heavy atom. The summed E-state index contributed by atoms with van der Waals surface area (Å²) in [6.45, 7) is 8.25. The van der Waals surface area contributed by atoms with Crippen LogP contribution < -0.4 is 10.6 Å². The molecule has 5 heteroatoms. The van der Waals surface area contributed by atoms with Crippen molar-refractivity contribution in [3.8, 4) is 0 Å². The van der Waals surface area contributed by atoms with E-state index >= 15 is 0 Å². The number of carbonyl (C=O) groups excluding carboxylic acids is 1. The Bertz CT molecular complexity index is 238. The van der Waals surface area contributed by atoms with E-state index < -0.39 is 0 Å². The second-order valence-corrected chi connectivity index (χ2v) is 5.17. The summed E-state index contributed by atoms with van der Waals surface area (Å²) in [6, 6.07) is 0. The third-order valence-corrected chi connectivity index (χ3v) is 3.76. The minimum Gasteiger partial charge on any atom is -0.354 e. The first kappa shape index (κ1) is 14.7. The molecule has 2 heterocycles. The van der Waals surface area contributed by atoms with Crippen molar-refractivity contribution >= 4 is 18.3 Å². The molecule has 2 fully saturated rings. The number of nitrogens with one attached hydrogen (secondary N) is 2. The van der Waals surface area contributed by atoms with Crippen LogP contribution in [0, 0.1) is 11.8 Å². The van der Waals surface area contributed by atoms with Crippen molar-refractivity contribution in [2.75, 3.05) is 39.3 Å². The van der Waals surface area contributed by atoms with Crippen LogP contribution in [-0.4, -0.2) is 50.1 Å². The van der Waals surface area contributed by atoms with Crippen molar-refractivity contribution in [3.05, 3.63) is 0 Å². The molecule has 0 saturated carbocycles. The Labute approximate surface area is 110 Å². The highest BCUT2D eigenvalue weighted by atomic mass is 35.5. The van der Waals surface area contributed by atoms with Crippen molar-refractivity contribution in [1.82, 2.24) is 15.5 Å². The van der Waals surface area contributed by atoms with Gasteiger partial charge >= 0.3 is 0 Å². The molecule has 2 aliphatic rings. The molecule has 17 heavy (non-hydrogen) atoms. The molecular formula is C12H24ClN3O. The molecule has 0 spiro atoms. The largest absolute Gasteiger partial charge is 0.354 e. The smallest absolute Gasteiger partial charge is 0.225 e. The van der Waals surface area contributed by atoms with Crippen LogP contribution in [-0.2, 0) is 4.79 Å². The number of nitrogens with zero attached hydrogens (tertiary/aromatic N) is 1. The van der Waals surface area contributed by atoms with E-state index in [1.807, 2.05) is 0 Å². The van der Waals surface area contributed by atoms with Crippen molar-refractivity contribution < 1.29 is 4.79 Å². The molecule has 2 N–H and O–H groups in total. The maximum Gasteiger partial charge on any atom is 0.225 e. The molecule has 2 aliphatic heterocycles. The van der Waals surface area contributed by atoms with Gasteiger partial charge in [-0.3, -0.25) is 4.79 Å². The summed E-state index contributed by atoms with van der Waals surface area (Å²) in [5.74, 6) is 1.33. The SMILES string of the molecule is CC1CCN(CCNC(=O)C2CNC2)CC1.Cl. The molecule has 0 aromatic carbocycles. The summed E-state index contributed by atoms with van der Waals surface area (Å²) < 4.78 is 0. The van der Waals surface area contributed by atoms with E-state index in [0.29, 0.717) is 0 Å². The predicted octanol–water partition coefficient (Wildman–Crippen LogP) is 0.476. The molecule has 0 aromatic rings. The summed E-state index contributed by atoms with van der Waals surface area (Å²) in [5.41, 5.74) is 0. The zero-order chi connectivity index (χ0) is 11.4. The molecule has 0 unspecified atom stereocenters. The first-order valence-electron chi connectivity index (χ1n) is 6.46. The molecular weight excluding hydrogens is 238 g/mol. The summed E-state index contributed by atoms with van der Waals surface area (Å²) in [5, 5.41) is 6.14. The number of amides is 1. The van der Waals surface area contributed by atoms with Crippen LogP contribution in [0.4, 0.5) is 0 Å². The van der Waals surface area contributed by atoms with Gasteiger partial charge in [-0.25, -0.2) is 0 Å². The first-order chi connectivity index (χ1) is 7.75. The molecule has 4 nitrogen and oxygen atoms in total. The van der Waals surface area contributed by atoms with Crippen molar-refractivity contribution in [3.63, 3.8) is 0 Å². The molecule has 2 saturated heterocycles. The first-order valence-corrected chi connectivity index (χ1v) is 6.46. The van der Waals surface area contributed by atoms with Gasteiger partial charge in [0.05, 0.1) is 5.92 Å². The molecule has 1 amide bonds. The van der Waals surface area contributed by atoms with Gasteiger partial charge < -0.3 is 15.5 Å². The lowest BCUT2D eigenvalue weighted by atomic mass is 9.99. The van der Waals surface area contributed by atoms with Crippen LogP contribution in [0.15, 0.2) is 0 Å². The van der Waals surface area contributed by atoms with E-state index in [1.54, 1.807) is 0 Å². The number of hydrogen-bond donors (Lipinski definition) is 2. The minimum absolute atomic E-state index is 0. The van der Waals surface area contributed by atoms with E-state index in [4.69, 9.17) is 0 Å². The molecule has 0 bridgehead atoms. The summed E-state index contributed by atoms with van der Waals surface area (Å²) in [6.07, 6.45) is 2.61. The van der Waals surface area contributed by atoms with Gasteiger partial charge in [-0.15, -0.1) is 12.4 Å². The third-order valence-electron chi connectivity index (χ3n) is 3.76. The highest BCUT2D eigenvalue weighted by molar-refractivity contribution is 5.85. The van der Waals surface area contributed by atoms with Gasteiger partial charge in [0.25, 0.3) is 0 Å². The van der Waals surface area contributed by atoms with Gasteiger partial charge in [0.2, 0.25) is 5.91 Å². The lowest BCUT2D eigenvalue weighted by Gasteiger charge is -2.31. The molecule has 100 valence electrons. The fourth-order valence-electron chi connectivity index (χ4n) is 2.24. The number of piperidine rings is 1. The van der Waals surface area contributed by atoms with E-state index in [9.17, 15) is 4.79 Å². The molecule has 2 rings (SSSR count). The minimum atomic E-state index is 0. The number of hydrogen-bond acceptors (Lipinski definition) is 3. The monoisotopic (exact) mass is 261 g/mol. The number of carbonyl (C=O) groups is 1. The molecule has 0 aliphatic carbocycles. The second kappa shape index (κ2) is 7.19. The maximum atomic E-state index is 11.5. The third kappa shape index (κ3) is 4.45. The Kier molecular flexibility index (Phi) is 6.23. The highest BCUT2D eigenvalue weighted by Crippen LogP contribution is 2.15. The van der Waals surface area contributed by atoms with Crippen LogP contribution in [0.5, 0.6) is 0 Å². The summed E-state index contributed by atoms with van der Waals surface area (Å²) in [4.78, 5) is 14.0. The molecule has 0 atom stereocenters. The Hall–Kier alpha value is -0.320. The fourth-order valence-corrected chi connectivity index (χ4v) is 2.24. The lowest BCUT2D eigenvalue weighted by molar-refractivity contribution is -0.126. The number of rotatable bonds is 4. The van der Waals surface area contributed by atoms with Gasteiger partial charge in [-0.2, -0.15) is 0 Å². The fraction of sp³-hybridized carbons (Fsp3) is 0.917. The Morgan fingerprint density at radius 2 is 2.00 bits per heavy atom. The van der Waals surface area contributed by atoms with Crippen LogP contribution >= 0.6 is 12.4 Å². The lowest BCUT2D eigenvalue weighted by Crippen LogP contribution is -2.51. The zero-order valence-corrected chi connectivity index (χ0v) is 11.4. The van der Waals surface area contributed by atoms with Gasteiger partial charge in [0.1, 0.15) is 0 Å². The standard InChI is InChI=1S/C12H23N3O.ClH/c1-10-2-5-15(6-3-10)7-4-14-12(16)11-8-13-9-11;/h10-11,13H,2-9H2,1H3,(H,14,16);1H. The average molecular weight is 262 g/mol. The van der Waals surface area contributed by atoms with Gasteiger partial charge in [-0.1, -0.05) is 6.92 Å². The highest BCUT2D eigenvalue weighted by Gasteiger charge is 2.24. The molecule has 0 radical (unpaired) electrons. The topological polar surface area (TPSA) is 44.4 Å². The van der Waals surface area contributed by atoms with Crippen LogP contribution in [0.3, 0.4) is 0 Å². The van der Waals surface area contributed by atoms with Crippen LogP contribution in [0.1, 0.15) is 19.8 Å². The van der Waals surface area contributed by atoms with Gasteiger partial charge in [0, 0.05) is 26.2 Å². The molecule has 0 aromatic heterocycles. The van der Waals surface area contributed by atoms with Crippen molar-refractivity contribution in [2.45, 2.75) is 19.8 Å². The van der Waals surface area contributed by atoms with E-state index in [-0.39, 0.29) is 24.2 Å². The second-order valence-electron chi connectivity index (χ2n) is 5.17. The van der Waals surface area contributed by atoms with Crippen molar-refractivity contribution in [1.29, 1.82) is 0 Å². The van der Waals surface area contributed by atoms with E-state index in [2.05, 4.69) is 22.5 Å². The van der Waals surface area contributed by atoms with Gasteiger partial charge in [-0.05, 0) is 31.8 Å². The van der Waals surface area contributed by atoms with E-state index in [0.717, 1.165) is 32.1 Å². The normalized spacial score (nSPS) is 22.6. The predicted molar refractivity (Wildman–Crippen MR) is 71.5 cm³/mol. The van der Waals surface area contributed by atoms with Crippen molar-refractivity contribution in [2.24, 2.45) is 11.8 Å². The summed E-state index contributed by atoms with van der Waals surface area (Å²) in [7, 11) is 0. The zero-order valence-electron chi connectivity index (χ0n) is 10.6. The maximum absolute atomic E-state index is 11.5. The Morgan fingerprint density at radius 1 is 1.35 bits per heavy atom. The van der Waals surface area contributed by atoms with Crippen LogP contribution in [0.25, 0.3) is 0 Å².